The molecule has 0 bridgehead atoms. The van der Waals surface area contributed by atoms with Gasteiger partial charge in [-0.2, -0.15) is 0 Å². The van der Waals surface area contributed by atoms with Gasteiger partial charge in [0.15, 0.2) is 0 Å². The van der Waals surface area contributed by atoms with E-state index in [1.807, 2.05) is 12.4 Å². The second-order valence-corrected chi connectivity index (χ2v) is 14.0. The van der Waals surface area contributed by atoms with Crippen molar-refractivity contribution >= 4 is 65.2 Å². The molecule has 3 nitrogen and oxygen atoms in total. The average Bonchev–Trinajstić information content (AvgIpc) is 3.83. The van der Waals surface area contributed by atoms with Crippen molar-refractivity contribution in [3.63, 3.8) is 0 Å². The smallest absolute Gasteiger partial charge is 0.0547 e. The summed E-state index contributed by atoms with van der Waals surface area (Å²) in [6.07, 6.45) is 3.92. The van der Waals surface area contributed by atoms with Gasteiger partial charge < -0.3 is 9.13 Å². The summed E-state index contributed by atoms with van der Waals surface area (Å²) >= 11 is 0. The van der Waals surface area contributed by atoms with E-state index in [-0.39, 0.29) is 0 Å². The second kappa shape index (κ2) is 10.3. The molecule has 0 fully saturated rings. The molecule has 0 saturated carbocycles. The van der Waals surface area contributed by atoms with E-state index in [1.54, 1.807) is 0 Å². The van der Waals surface area contributed by atoms with Gasteiger partial charge in [0, 0.05) is 50.9 Å². The minimum Gasteiger partial charge on any atom is -0.309 e. The van der Waals surface area contributed by atoms with Crippen molar-refractivity contribution in [2.45, 2.75) is 0 Å². The zero-order valence-corrected chi connectivity index (χ0v) is 28.1. The monoisotopic (exact) mass is 659 g/mol. The van der Waals surface area contributed by atoms with Crippen molar-refractivity contribution in [3.8, 4) is 44.8 Å². The van der Waals surface area contributed by atoms with E-state index in [9.17, 15) is 0 Å². The molecule has 1 aliphatic carbocycles. The maximum absolute atomic E-state index is 4.54. The lowest BCUT2D eigenvalue weighted by atomic mass is 10.00. The third-order valence-electron chi connectivity index (χ3n) is 11.3. The Balaban J connectivity index is 1.11. The first-order valence-corrected chi connectivity index (χ1v) is 17.9. The van der Waals surface area contributed by atoms with Crippen molar-refractivity contribution < 1.29 is 0 Å². The van der Waals surface area contributed by atoms with Crippen LogP contribution in [-0.4, -0.2) is 14.1 Å². The average molecular weight is 660 g/mol. The summed E-state index contributed by atoms with van der Waals surface area (Å²) in [5.41, 5.74) is 14.6. The summed E-state index contributed by atoms with van der Waals surface area (Å²) in [6, 6.07) is 60.4. The summed E-state index contributed by atoms with van der Waals surface area (Å²) in [6.45, 7) is 0. The number of hydrogen-bond acceptors (Lipinski definition) is 1. The minimum atomic E-state index is 1.16. The number of nitrogens with zero attached hydrogens (tertiary/aromatic N) is 3. The molecule has 0 radical (unpaired) electrons. The fourth-order valence-corrected chi connectivity index (χ4v) is 8.99. The quantitative estimate of drug-likeness (QED) is 0.185. The van der Waals surface area contributed by atoms with Gasteiger partial charge in [0.25, 0.3) is 0 Å². The van der Waals surface area contributed by atoms with Gasteiger partial charge in [-0.1, -0.05) is 91.0 Å². The van der Waals surface area contributed by atoms with Gasteiger partial charge in [-0.25, -0.2) is 0 Å². The summed E-state index contributed by atoms with van der Waals surface area (Å²) in [7, 11) is 0. The Labute approximate surface area is 299 Å². The summed E-state index contributed by atoms with van der Waals surface area (Å²) in [5, 5.41) is 10.1. The SMILES string of the molecule is c1ccc(-n2c3ccccc3c3cc(-c4ccc5c(c4)c4cc6ccccc6cc4n5-c4cc5c6c(cccc6c4)-c4ccncc4-5)ccc32)cc1. The van der Waals surface area contributed by atoms with Crippen LogP contribution in [0.5, 0.6) is 0 Å². The number of benzene rings is 8. The zero-order valence-electron chi connectivity index (χ0n) is 28.1. The Morgan fingerprint density at radius 2 is 1.00 bits per heavy atom. The van der Waals surface area contributed by atoms with Crippen LogP contribution in [-0.2, 0) is 0 Å². The van der Waals surface area contributed by atoms with Crippen LogP contribution < -0.4 is 0 Å². The van der Waals surface area contributed by atoms with Crippen molar-refractivity contribution in [2.24, 2.45) is 0 Å². The van der Waals surface area contributed by atoms with Gasteiger partial charge in [0.2, 0.25) is 0 Å². The number of para-hydroxylation sites is 2. The Morgan fingerprint density at radius 3 is 1.83 bits per heavy atom. The van der Waals surface area contributed by atoms with Crippen LogP contribution in [0, 0.1) is 0 Å². The van der Waals surface area contributed by atoms with E-state index in [4.69, 9.17) is 0 Å². The highest BCUT2D eigenvalue weighted by Crippen LogP contribution is 2.48. The molecule has 240 valence electrons. The predicted octanol–water partition coefficient (Wildman–Crippen LogP) is 12.9. The highest BCUT2D eigenvalue weighted by atomic mass is 15.0. The lowest BCUT2D eigenvalue weighted by Crippen LogP contribution is -1.95. The van der Waals surface area contributed by atoms with Crippen LogP contribution >= 0.6 is 0 Å². The first-order valence-electron chi connectivity index (χ1n) is 17.9. The van der Waals surface area contributed by atoms with E-state index in [0.29, 0.717) is 0 Å². The molecule has 52 heavy (non-hydrogen) atoms. The lowest BCUT2D eigenvalue weighted by Gasteiger charge is -2.12. The maximum Gasteiger partial charge on any atom is 0.0547 e. The van der Waals surface area contributed by atoms with Gasteiger partial charge in [0.1, 0.15) is 0 Å². The molecular weight excluding hydrogens is 631 g/mol. The fourth-order valence-electron chi connectivity index (χ4n) is 8.99. The molecule has 0 N–H and O–H groups in total. The molecule has 12 rings (SSSR count). The molecule has 3 aromatic heterocycles. The number of hydrogen-bond donors (Lipinski definition) is 0. The van der Waals surface area contributed by atoms with Crippen LogP contribution in [0.3, 0.4) is 0 Å². The predicted molar refractivity (Wildman–Crippen MR) is 218 cm³/mol. The van der Waals surface area contributed by atoms with Crippen molar-refractivity contribution in [2.75, 3.05) is 0 Å². The summed E-state index contributed by atoms with van der Waals surface area (Å²) in [5.74, 6) is 0. The number of fused-ring (bicyclic) bond motifs is 10. The van der Waals surface area contributed by atoms with Gasteiger partial charge >= 0.3 is 0 Å². The molecular formula is C49H29N3. The summed E-state index contributed by atoms with van der Waals surface area (Å²) in [4.78, 5) is 4.54. The number of pyridine rings is 1. The Hall–Kier alpha value is -6.97. The molecule has 11 aromatic rings. The largest absolute Gasteiger partial charge is 0.309 e. The highest BCUT2D eigenvalue weighted by molar-refractivity contribution is 6.18. The molecule has 0 atom stereocenters. The van der Waals surface area contributed by atoms with Gasteiger partial charge in [-0.15, -0.1) is 0 Å². The standard InChI is InChI=1S/C49H29N3/c1-2-12-35(13-3-1)51-45-16-7-6-14-38(45)40-25-32(17-19-46(40)51)33-18-20-47-41(26-33)42-24-30-9-4-5-10-31(30)27-48(42)52(47)36-23-34-11-8-15-39-37-21-22-50-29-44(37)43(28-36)49(34)39/h1-29H. The van der Waals surface area contributed by atoms with E-state index in [1.165, 1.54) is 104 Å². The third-order valence-corrected chi connectivity index (χ3v) is 11.3. The molecule has 0 amide bonds. The molecule has 0 unspecified atom stereocenters. The van der Waals surface area contributed by atoms with Gasteiger partial charge in [0.05, 0.1) is 22.1 Å². The Bertz CT molecular complexity index is 3290. The van der Waals surface area contributed by atoms with Crippen molar-refractivity contribution in [1.82, 2.24) is 14.1 Å². The first kappa shape index (κ1) is 27.8. The van der Waals surface area contributed by atoms with E-state index in [0.717, 1.165) is 5.69 Å². The van der Waals surface area contributed by atoms with Gasteiger partial charge in [-0.05, 0) is 122 Å². The normalized spacial score (nSPS) is 12.2. The lowest BCUT2D eigenvalue weighted by molar-refractivity contribution is 1.18. The second-order valence-electron chi connectivity index (χ2n) is 14.0. The first-order chi connectivity index (χ1) is 25.8. The number of aromatic nitrogens is 3. The Kier molecular flexibility index (Phi) is 5.50. The maximum atomic E-state index is 4.54. The van der Waals surface area contributed by atoms with Crippen LogP contribution in [0.15, 0.2) is 176 Å². The van der Waals surface area contributed by atoms with Crippen LogP contribution in [0.4, 0.5) is 0 Å². The highest BCUT2D eigenvalue weighted by Gasteiger charge is 2.24. The molecule has 8 aromatic carbocycles. The van der Waals surface area contributed by atoms with Gasteiger partial charge in [-0.3, -0.25) is 4.98 Å². The molecule has 0 aliphatic heterocycles. The van der Waals surface area contributed by atoms with Crippen LogP contribution in [0.2, 0.25) is 0 Å². The topological polar surface area (TPSA) is 22.8 Å². The van der Waals surface area contributed by atoms with E-state index in [2.05, 4.69) is 178 Å². The fraction of sp³-hybridized carbons (Fsp3) is 0. The summed E-state index contributed by atoms with van der Waals surface area (Å²) < 4.78 is 4.84. The molecule has 1 aliphatic rings. The minimum absolute atomic E-state index is 1.16. The van der Waals surface area contributed by atoms with E-state index >= 15 is 0 Å². The Morgan fingerprint density at radius 1 is 0.346 bits per heavy atom. The van der Waals surface area contributed by atoms with Crippen LogP contribution in [0.25, 0.3) is 110 Å². The number of rotatable bonds is 3. The molecule has 0 saturated heterocycles. The molecule has 0 spiro atoms. The van der Waals surface area contributed by atoms with Crippen molar-refractivity contribution in [1.29, 1.82) is 0 Å². The zero-order chi connectivity index (χ0) is 33.9. The third kappa shape index (κ3) is 3.77. The molecule has 3 heteroatoms. The molecule has 3 heterocycles. The van der Waals surface area contributed by atoms with Crippen molar-refractivity contribution in [3.05, 3.63) is 176 Å². The van der Waals surface area contributed by atoms with Crippen LogP contribution in [0.1, 0.15) is 0 Å². The van der Waals surface area contributed by atoms with E-state index < -0.39 is 0 Å².